The Morgan fingerprint density at radius 2 is 1.82 bits per heavy atom. The lowest BCUT2D eigenvalue weighted by molar-refractivity contribution is -0.0498. The van der Waals surface area contributed by atoms with Crippen LogP contribution in [-0.2, 0) is 0 Å². The number of halogens is 2. The van der Waals surface area contributed by atoms with Crippen LogP contribution in [-0.4, -0.2) is 16.4 Å². The minimum absolute atomic E-state index is 0.00253. The molecule has 0 fully saturated rings. The van der Waals surface area contributed by atoms with E-state index in [1.807, 2.05) is 30.3 Å². The Balaban J connectivity index is 1.73. The lowest BCUT2D eigenvalue weighted by atomic mass is 9.83. The number of benzene rings is 2. The molecule has 7 nitrogen and oxygen atoms in total. The van der Waals surface area contributed by atoms with Crippen LogP contribution in [0.15, 0.2) is 88.9 Å². The summed E-state index contributed by atoms with van der Waals surface area (Å²) in [6.07, 6.45) is 1.52. The first-order valence-corrected chi connectivity index (χ1v) is 9.91. The van der Waals surface area contributed by atoms with E-state index in [9.17, 15) is 14.0 Å². The molecule has 1 atom stereocenters. The molecule has 0 saturated carbocycles. The summed E-state index contributed by atoms with van der Waals surface area (Å²) in [7, 11) is 0. The Kier molecular flexibility index (Phi) is 5.03. The monoisotopic (exact) mass is 446 g/mol. The van der Waals surface area contributed by atoms with E-state index >= 15 is 0 Å². The van der Waals surface area contributed by atoms with Gasteiger partial charge in [0, 0.05) is 0 Å². The van der Waals surface area contributed by atoms with Gasteiger partial charge in [0.15, 0.2) is 5.76 Å². The highest BCUT2D eigenvalue weighted by molar-refractivity contribution is 5.69. The molecule has 0 unspecified atom stereocenters. The van der Waals surface area contributed by atoms with Crippen LogP contribution >= 0.6 is 0 Å². The van der Waals surface area contributed by atoms with E-state index in [2.05, 4.69) is 10.8 Å². The number of nitrogens with zero attached hydrogens (tertiary/aromatic N) is 3. The Hall–Kier alpha value is -4.58. The van der Waals surface area contributed by atoms with Crippen LogP contribution in [0.1, 0.15) is 17.0 Å². The van der Waals surface area contributed by atoms with E-state index in [-0.39, 0.29) is 17.2 Å². The molecule has 33 heavy (non-hydrogen) atoms. The average Bonchev–Trinajstić information content (AvgIpc) is 3.47. The van der Waals surface area contributed by atoms with Crippen molar-refractivity contribution in [3.63, 3.8) is 0 Å². The molecule has 164 valence electrons. The molecule has 4 aromatic rings. The van der Waals surface area contributed by atoms with Crippen molar-refractivity contribution in [1.82, 2.24) is 9.78 Å². The summed E-state index contributed by atoms with van der Waals surface area (Å²) < 4.78 is 42.7. The number of hydrogen-bond donors (Lipinski definition) is 1. The molecule has 1 aliphatic rings. The van der Waals surface area contributed by atoms with Crippen molar-refractivity contribution in [2.45, 2.75) is 12.5 Å². The molecule has 0 radical (unpaired) electrons. The number of fused-ring (bicyclic) bond motifs is 1. The van der Waals surface area contributed by atoms with Crippen LogP contribution in [0.2, 0.25) is 0 Å². The summed E-state index contributed by atoms with van der Waals surface area (Å²) in [6.45, 7) is -2.94. The highest BCUT2D eigenvalue weighted by Crippen LogP contribution is 2.47. The molecule has 2 aromatic heterocycles. The number of nitriles is 1. The molecule has 0 amide bonds. The van der Waals surface area contributed by atoms with Gasteiger partial charge in [-0.3, -0.25) is 0 Å². The third kappa shape index (κ3) is 3.57. The number of para-hydroxylation sites is 1. The number of furan rings is 1. The van der Waals surface area contributed by atoms with Gasteiger partial charge in [0.2, 0.25) is 11.8 Å². The maximum absolute atomic E-state index is 12.6. The van der Waals surface area contributed by atoms with Gasteiger partial charge >= 0.3 is 6.61 Å². The molecule has 1 aliphatic heterocycles. The standard InChI is InChI=1S/C24H16F2N4O3/c25-24(26)32-16-10-8-14(9-11-16)19-17(13-27)22(28)33-23-20(19)21(18-7-4-12-31-18)29-30(23)15-5-2-1-3-6-15/h1-12,19,24H,28H2/t19-/m0/s1. The van der Waals surface area contributed by atoms with E-state index in [0.29, 0.717) is 28.5 Å². The first-order valence-electron chi connectivity index (χ1n) is 9.91. The van der Waals surface area contributed by atoms with E-state index in [4.69, 9.17) is 20.0 Å². The number of hydrogen-bond acceptors (Lipinski definition) is 6. The smallest absolute Gasteiger partial charge is 0.387 e. The first kappa shape index (κ1) is 20.3. The topological polar surface area (TPSA) is 99.2 Å². The predicted octanol–water partition coefficient (Wildman–Crippen LogP) is 4.95. The van der Waals surface area contributed by atoms with Crippen molar-refractivity contribution in [2.75, 3.05) is 0 Å². The van der Waals surface area contributed by atoms with Crippen LogP contribution in [0.3, 0.4) is 0 Å². The Bertz CT molecular complexity index is 1360. The normalized spacial score (nSPS) is 15.2. The maximum Gasteiger partial charge on any atom is 0.387 e. The second-order valence-corrected chi connectivity index (χ2v) is 7.16. The zero-order valence-corrected chi connectivity index (χ0v) is 17.0. The molecule has 3 heterocycles. The van der Waals surface area contributed by atoms with E-state index in [1.165, 1.54) is 18.4 Å². The summed E-state index contributed by atoms with van der Waals surface area (Å²) in [4.78, 5) is 0. The molecule has 9 heteroatoms. The number of nitrogens with two attached hydrogens (primary N) is 1. The summed E-state index contributed by atoms with van der Waals surface area (Å²) in [5.74, 6) is 0.0811. The summed E-state index contributed by atoms with van der Waals surface area (Å²) in [6, 6.07) is 20.9. The van der Waals surface area contributed by atoms with Crippen molar-refractivity contribution in [3.05, 3.63) is 95.6 Å². The van der Waals surface area contributed by atoms with Crippen LogP contribution < -0.4 is 15.2 Å². The highest BCUT2D eigenvalue weighted by Gasteiger charge is 2.38. The van der Waals surface area contributed by atoms with E-state index < -0.39 is 12.5 Å². The third-order valence-electron chi connectivity index (χ3n) is 5.24. The average molecular weight is 446 g/mol. The largest absolute Gasteiger partial charge is 0.463 e. The zero-order valence-electron chi connectivity index (χ0n) is 17.0. The number of aromatic nitrogens is 2. The first-order chi connectivity index (χ1) is 16.1. The van der Waals surface area contributed by atoms with Gasteiger partial charge in [-0.15, -0.1) is 0 Å². The summed E-state index contributed by atoms with van der Waals surface area (Å²) >= 11 is 0. The number of ether oxygens (including phenoxy) is 2. The van der Waals surface area contributed by atoms with Gasteiger partial charge in [0.25, 0.3) is 0 Å². The van der Waals surface area contributed by atoms with Gasteiger partial charge in [-0.2, -0.15) is 23.8 Å². The Labute approximate surface area is 186 Å². The molecular formula is C24H16F2N4O3. The maximum atomic E-state index is 12.6. The summed E-state index contributed by atoms with van der Waals surface area (Å²) in [5.41, 5.74) is 8.71. The van der Waals surface area contributed by atoms with Crippen molar-refractivity contribution in [3.8, 4) is 34.8 Å². The SMILES string of the molecule is N#CC1=C(N)Oc2c(c(-c3ccco3)nn2-c2ccccc2)[C@H]1c1ccc(OC(F)F)cc1. The second-order valence-electron chi connectivity index (χ2n) is 7.16. The molecule has 0 saturated heterocycles. The van der Waals surface area contributed by atoms with Crippen LogP contribution in [0.4, 0.5) is 8.78 Å². The minimum Gasteiger partial charge on any atom is -0.463 e. The number of rotatable bonds is 5. The lowest BCUT2D eigenvalue weighted by Gasteiger charge is -2.25. The fourth-order valence-corrected chi connectivity index (χ4v) is 3.85. The van der Waals surface area contributed by atoms with Gasteiger partial charge < -0.3 is 19.6 Å². The lowest BCUT2D eigenvalue weighted by Crippen LogP contribution is -2.22. The third-order valence-corrected chi connectivity index (χ3v) is 5.24. The Morgan fingerprint density at radius 1 is 1.06 bits per heavy atom. The fourth-order valence-electron chi connectivity index (χ4n) is 3.85. The van der Waals surface area contributed by atoms with Crippen molar-refractivity contribution in [2.24, 2.45) is 5.73 Å². The number of allylic oxidation sites excluding steroid dienone is 1. The van der Waals surface area contributed by atoms with E-state index in [1.54, 1.807) is 28.9 Å². The summed E-state index contributed by atoms with van der Waals surface area (Å²) in [5, 5.41) is 14.6. The Morgan fingerprint density at radius 3 is 2.45 bits per heavy atom. The molecule has 5 rings (SSSR count). The van der Waals surface area contributed by atoms with Gasteiger partial charge in [-0.25, -0.2) is 0 Å². The van der Waals surface area contributed by atoms with Gasteiger partial charge in [0.1, 0.15) is 23.1 Å². The number of alkyl halides is 2. The van der Waals surface area contributed by atoms with Gasteiger partial charge in [-0.05, 0) is 42.0 Å². The second kappa shape index (κ2) is 8.16. The molecule has 0 spiro atoms. The molecular weight excluding hydrogens is 430 g/mol. The molecule has 2 aromatic carbocycles. The van der Waals surface area contributed by atoms with Crippen molar-refractivity contribution in [1.29, 1.82) is 5.26 Å². The van der Waals surface area contributed by atoms with Crippen LogP contribution in [0.5, 0.6) is 11.6 Å². The van der Waals surface area contributed by atoms with Crippen LogP contribution in [0, 0.1) is 11.3 Å². The van der Waals surface area contributed by atoms with Crippen LogP contribution in [0.25, 0.3) is 17.1 Å². The van der Waals surface area contributed by atoms with Crippen molar-refractivity contribution >= 4 is 0 Å². The zero-order chi connectivity index (χ0) is 22.9. The predicted molar refractivity (Wildman–Crippen MR) is 114 cm³/mol. The quantitative estimate of drug-likeness (QED) is 0.466. The van der Waals surface area contributed by atoms with Gasteiger partial charge in [-0.1, -0.05) is 30.3 Å². The van der Waals surface area contributed by atoms with Gasteiger partial charge in [0.05, 0.1) is 23.4 Å². The van der Waals surface area contributed by atoms with E-state index in [0.717, 1.165) is 5.69 Å². The van der Waals surface area contributed by atoms with Crippen molar-refractivity contribution < 1.29 is 22.7 Å². The fraction of sp³-hybridized carbons (Fsp3) is 0.0833. The molecule has 0 bridgehead atoms. The highest BCUT2D eigenvalue weighted by atomic mass is 19.3. The minimum atomic E-state index is -2.94. The molecule has 2 N–H and O–H groups in total. The molecule has 0 aliphatic carbocycles.